The van der Waals surface area contributed by atoms with Crippen LogP contribution in [0.3, 0.4) is 0 Å². The predicted molar refractivity (Wildman–Crippen MR) is 73.7 cm³/mol. The van der Waals surface area contributed by atoms with Crippen LogP contribution >= 0.6 is 0 Å². The summed E-state index contributed by atoms with van der Waals surface area (Å²) >= 11 is 0. The highest BCUT2D eigenvalue weighted by molar-refractivity contribution is 5.79. The van der Waals surface area contributed by atoms with E-state index in [0.717, 1.165) is 36.1 Å². The third-order valence-electron chi connectivity index (χ3n) is 4.16. The minimum atomic E-state index is 0.202. The second-order valence-corrected chi connectivity index (χ2v) is 5.63. The Bertz CT molecular complexity index is 448. The molecule has 102 valence electrons. The summed E-state index contributed by atoms with van der Waals surface area (Å²) in [5, 5.41) is 2.96. The molecule has 2 fully saturated rings. The predicted octanol–water partition coefficient (Wildman–Crippen LogP) is 1.81. The van der Waals surface area contributed by atoms with Gasteiger partial charge in [0.05, 0.1) is 6.54 Å². The van der Waals surface area contributed by atoms with Crippen molar-refractivity contribution in [2.45, 2.75) is 19.3 Å². The van der Waals surface area contributed by atoms with E-state index in [1.54, 1.807) is 12.1 Å². The van der Waals surface area contributed by atoms with Gasteiger partial charge in [0.2, 0.25) is 5.91 Å². The van der Waals surface area contributed by atoms with E-state index < -0.39 is 0 Å². The van der Waals surface area contributed by atoms with Crippen LogP contribution in [0, 0.1) is 17.8 Å². The van der Waals surface area contributed by atoms with Gasteiger partial charge >= 0.3 is 0 Å². The summed E-state index contributed by atoms with van der Waals surface area (Å²) in [7, 11) is 0. The lowest BCUT2D eigenvalue weighted by Crippen LogP contribution is -2.33. The molecule has 4 heteroatoms. The number of benzene rings is 1. The maximum Gasteiger partial charge on any atom is 0.223 e. The summed E-state index contributed by atoms with van der Waals surface area (Å²) in [6.07, 6.45) is 3.54. The van der Waals surface area contributed by atoms with Crippen LogP contribution in [0.4, 0.5) is 5.69 Å². The van der Waals surface area contributed by atoms with E-state index in [1.165, 1.54) is 6.42 Å². The Morgan fingerprint density at radius 1 is 1.21 bits per heavy atom. The molecule has 1 amide bonds. The van der Waals surface area contributed by atoms with E-state index >= 15 is 0 Å². The molecule has 19 heavy (non-hydrogen) atoms. The van der Waals surface area contributed by atoms with Gasteiger partial charge in [0.1, 0.15) is 12.4 Å². The number of hydrogen-bond acceptors (Lipinski definition) is 3. The van der Waals surface area contributed by atoms with Gasteiger partial charge in [-0.3, -0.25) is 4.79 Å². The second kappa shape index (κ2) is 5.11. The van der Waals surface area contributed by atoms with Gasteiger partial charge in [0, 0.05) is 11.6 Å². The highest BCUT2D eigenvalue weighted by Gasteiger charge is 2.47. The van der Waals surface area contributed by atoms with Gasteiger partial charge in [-0.15, -0.1) is 0 Å². The standard InChI is InChI=1S/C15H20N2O2/c16-13-1-3-14(4-2-13)19-6-5-17-15(18)12-8-10-7-11(10)9-12/h1-4,10-12H,5-9,16H2,(H,17,18). The molecular formula is C15H20N2O2. The lowest BCUT2D eigenvalue weighted by Gasteiger charge is -2.12. The molecule has 1 aromatic rings. The van der Waals surface area contributed by atoms with E-state index in [2.05, 4.69) is 5.32 Å². The maximum atomic E-state index is 11.9. The van der Waals surface area contributed by atoms with Crippen molar-refractivity contribution >= 4 is 11.6 Å². The van der Waals surface area contributed by atoms with E-state index in [-0.39, 0.29) is 11.8 Å². The molecular weight excluding hydrogens is 240 g/mol. The van der Waals surface area contributed by atoms with Crippen molar-refractivity contribution in [2.75, 3.05) is 18.9 Å². The van der Waals surface area contributed by atoms with Crippen LogP contribution in [-0.2, 0) is 4.79 Å². The zero-order valence-corrected chi connectivity index (χ0v) is 11.0. The summed E-state index contributed by atoms with van der Waals surface area (Å²) in [5.41, 5.74) is 6.32. The van der Waals surface area contributed by atoms with Gasteiger partial charge in [-0.1, -0.05) is 0 Å². The molecule has 2 atom stereocenters. The highest BCUT2D eigenvalue weighted by Crippen LogP contribution is 2.54. The number of hydrogen-bond donors (Lipinski definition) is 2. The molecule has 2 aliphatic carbocycles. The van der Waals surface area contributed by atoms with Crippen molar-refractivity contribution in [1.29, 1.82) is 0 Å². The van der Waals surface area contributed by atoms with Gasteiger partial charge in [0.15, 0.2) is 0 Å². The van der Waals surface area contributed by atoms with Crippen LogP contribution in [0.5, 0.6) is 5.75 Å². The first-order chi connectivity index (χ1) is 9.22. The van der Waals surface area contributed by atoms with Crippen molar-refractivity contribution in [3.63, 3.8) is 0 Å². The fourth-order valence-electron chi connectivity index (χ4n) is 2.98. The molecule has 0 bridgehead atoms. The van der Waals surface area contributed by atoms with E-state index in [0.29, 0.717) is 13.2 Å². The van der Waals surface area contributed by atoms with E-state index in [1.807, 2.05) is 12.1 Å². The molecule has 3 N–H and O–H groups in total. The molecule has 0 heterocycles. The van der Waals surface area contributed by atoms with Gasteiger partial charge in [-0.2, -0.15) is 0 Å². The van der Waals surface area contributed by atoms with Crippen molar-refractivity contribution < 1.29 is 9.53 Å². The van der Waals surface area contributed by atoms with Crippen molar-refractivity contribution in [3.8, 4) is 5.75 Å². The first kappa shape index (κ1) is 12.3. The number of anilines is 1. The molecule has 0 aliphatic heterocycles. The van der Waals surface area contributed by atoms with Crippen LogP contribution in [0.2, 0.25) is 0 Å². The van der Waals surface area contributed by atoms with Gasteiger partial charge < -0.3 is 15.8 Å². The number of rotatable bonds is 5. The monoisotopic (exact) mass is 260 g/mol. The van der Waals surface area contributed by atoms with Gasteiger partial charge in [-0.25, -0.2) is 0 Å². The summed E-state index contributed by atoms with van der Waals surface area (Å²) in [6.45, 7) is 1.06. The average molecular weight is 260 g/mol. The van der Waals surface area contributed by atoms with Crippen LogP contribution in [-0.4, -0.2) is 19.1 Å². The first-order valence-corrected chi connectivity index (χ1v) is 6.98. The number of carbonyl (C=O) groups excluding carboxylic acids is 1. The van der Waals surface area contributed by atoms with Crippen molar-refractivity contribution in [2.24, 2.45) is 17.8 Å². The number of fused-ring (bicyclic) bond motifs is 1. The Hall–Kier alpha value is -1.71. The van der Waals surface area contributed by atoms with Crippen LogP contribution < -0.4 is 15.8 Å². The van der Waals surface area contributed by atoms with Crippen LogP contribution in [0.1, 0.15) is 19.3 Å². The summed E-state index contributed by atoms with van der Waals surface area (Å²) < 4.78 is 5.53. The summed E-state index contributed by atoms with van der Waals surface area (Å²) in [6, 6.07) is 7.28. The number of nitrogens with two attached hydrogens (primary N) is 1. The Balaban J connectivity index is 1.34. The summed E-state index contributed by atoms with van der Waals surface area (Å²) in [5.74, 6) is 2.93. The zero-order chi connectivity index (χ0) is 13.2. The number of ether oxygens (including phenoxy) is 1. The molecule has 1 aromatic carbocycles. The van der Waals surface area contributed by atoms with Crippen LogP contribution in [0.15, 0.2) is 24.3 Å². The molecule has 2 aliphatic rings. The molecule has 3 rings (SSSR count). The molecule has 2 saturated carbocycles. The lowest BCUT2D eigenvalue weighted by molar-refractivity contribution is -0.125. The third-order valence-corrected chi connectivity index (χ3v) is 4.16. The Morgan fingerprint density at radius 3 is 2.58 bits per heavy atom. The zero-order valence-electron chi connectivity index (χ0n) is 11.0. The largest absolute Gasteiger partial charge is 0.492 e. The SMILES string of the molecule is Nc1ccc(OCCNC(=O)C2CC3CC3C2)cc1. The van der Waals surface area contributed by atoms with Gasteiger partial charge in [-0.05, 0) is 55.4 Å². The Morgan fingerprint density at radius 2 is 1.89 bits per heavy atom. The van der Waals surface area contributed by atoms with Crippen molar-refractivity contribution in [1.82, 2.24) is 5.32 Å². The lowest BCUT2D eigenvalue weighted by atomic mass is 10.0. The molecule has 2 unspecified atom stereocenters. The summed E-state index contributed by atoms with van der Waals surface area (Å²) in [4.78, 5) is 11.9. The quantitative estimate of drug-likeness (QED) is 0.627. The number of nitrogens with one attached hydrogen (secondary N) is 1. The topological polar surface area (TPSA) is 64.3 Å². The highest BCUT2D eigenvalue weighted by atomic mass is 16.5. The maximum absolute atomic E-state index is 11.9. The van der Waals surface area contributed by atoms with E-state index in [9.17, 15) is 4.79 Å². The molecule has 0 radical (unpaired) electrons. The first-order valence-electron chi connectivity index (χ1n) is 6.98. The normalized spacial score (nSPS) is 27.7. The van der Waals surface area contributed by atoms with E-state index in [4.69, 9.17) is 10.5 Å². The minimum Gasteiger partial charge on any atom is -0.492 e. The fourth-order valence-corrected chi connectivity index (χ4v) is 2.98. The second-order valence-electron chi connectivity index (χ2n) is 5.63. The number of nitrogen functional groups attached to an aromatic ring is 1. The Kier molecular flexibility index (Phi) is 3.32. The molecule has 0 aromatic heterocycles. The van der Waals surface area contributed by atoms with Crippen LogP contribution in [0.25, 0.3) is 0 Å². The fraction of sp³-hybridized carbons (Fsp3) is 0.533. The van der Waals surface area contributed by atoms with Crippen molar-refractivity contribution in [3.05, 3.63) is 24.3 Å². The average Bonchev–Trinajstić information content (AvgIpc) is 3.03. The van der Waals surface area contributed by atoms with Gasteiger partial charge in [0.25, 0.3) is 0 Å². The Labute approximate surface area is 113 Å². The molecule has 0 spiro atoms. The smallest absolute Gasteiger partial charge is 0.223 e. The third kappa shape index (κ3) is 3.00. The number of carbonyl (C=O) groups is 1. The molecule has 4 nitrogen and oxygen atoms in total. The number of amides is 1. The minimum absolute atomic E-state index is 0.202. The molecule has 0 saturated heterocycles.